The lowest BCUT2D eigenvalue weighted by Gasteiger charge is -2.27. The predicted octanol–water partition coefficient (Wildman–Crippen LogP) is 4.21. The molecule has 2 atom stereocenters. The Labute approximate surface area is 144 Å². The van der Waals surface area contributed by atoms with Gasteiger partial charge in [-0.15, -0.1) is 0 Å². The first-order valence-electron chi connectivity index (χ1n) is 8.81. The second kappa shape index (κ2) is 7.52. The summed E-state index contributed by atoms with van der Waals surface area (Å²) in [7, 11) is 0. The number of carbonyl (C=O) groups excluding carboxylic acids is 1. The number of rotatable bonds is 5. The van der Waals surface area contributed by atoms with Gasteiger partial charge in [0.05, 0.1) is 6.04 Å². The fraction of sp³-hybridized carbons (Fsp3) is 0.381. The third kappa shape index (κ3) is 3.61. The molecule has 3 rings (SSSR count). The Hall–Kier alpha value is -2.29. The molecule has 0 aliphatic heterocycles. The zero-order valence-electron chi connectivity index (χ0n) is 14.4. The minimum atomic E-state index is -0.508. The molecule has 24 heavy (non-hydrogen) atoms. The predicted molar refractivity (Wildman–Crippen MR) is 96.2 cm³/mol. The van der Waals surface area contributed by atoms with Gasteiger partial charge in [0.2, 0.25) is 0 Å². The second-order valence-corrected chi connectivity index (χ2v) is 6.37. The molecule has 0 heterocycles. The maximum absolute atomic E-state index is 12.6. The Morgan fingerprint density at radius 1 is 1.21 bits per heavy atom. The quantitative estimate of drug-likeness (QED) is 0.895. The van der Waals surface area contributed by atoms with Gasteiger partial charge in [-0.05, 0) is 55.4 Å². The van der Waals surface area contributed by atoms with Gasteiger partial charge in [-0.3, -0.25) is 4.79 Å². The first-order chi connectivity index (χ1) is 11.7. The van der Waals surface area contributed by atoms with Crippen LogP contribution in [0.5, 0.6) is 5.75 Å². The highest BCUT2D eigenvalue weighted by molar-refractivity contribution is 5.81. The van der Waals surface area contributed by atoms with E-state index in [0.29, 0.717) is 0 Å². The average molecular weight is 323 g/mol. The van der Waals surface area contributed by atoms with Gasteiger partial charge in [-0.25, -0.2) is 0 Å². The summed E-state index contributed by atoms with van der Waals surface area (Å²) < 4.78 is 5.92. The first kappa shape index (κ1) is 16.6. The van der Waals surface area contributed by atoms with Crippen molar-refractivity contribution in [3.8, 4) is 5.75 Å². The van der Waals surface area contributed by atoms with Gasteiger partial charge >= 0.3 is 0 Å². The van der Waals surface area contributed by atoms with Gasteiger partial charge in [0, 0.05) is 0 Å². The van der Waals surface area contributed by atoms with Crippen LogP contribution in [0.15, 0.2) is 48.5 Å². The molecule has 0 bridgehead atoms. The molecule has 0 radical (unpaired) electrons. The molecule has 0 aromatic heterocycles. The van der Waals surface area contributed by atoms with Crippen LogP contribution in [0, 0.1) is 0 Å². The number of benzene rings is 2. The van der Waals surface area contributed by atoms with Crippen molar-refractivity contribution in [2.45, 2.75) is 51.7 Å². The monoisotopic (exact) mass is 323 g/mol. The van der Waals surface area contributed by atoms with Crippen molar-refractivity contribution in [1.29, 1.82) is 0 Å². The van der Waals surface area contributed by atoms with E-state index in [-0.39, 0.29) is 11.9 Å². The van der Waals surface area contributed by atoms with Gasteiger partial charge in [0.25, 0.3) is 5.91 Å². The number of amides is 1. The summed E-state index contributed by atoms with van der Waals surface area (Å²) in [4.78, 5) is 12.6. The Balaban J connectivity index is 1.67. The van der Waals surface area contributed by atoms with Crippen LogP contribution in [0.2, 0.25) is 0 Å². The number of carbonyl (C=O) groups is 1. The van der Waals surface area contributed by atoms with Gasteiger partial charge < -0.3 is 10.1 Å². The third-order valence-corrected chi connectivity index (χ3v) is 4.71. The summed E-state index contributed by atoms with van der Waals surface area (Å²) in [6, 6.07) is 16.4. The van der Waals surface area contributed by atoms with Gasteiger partial charge in [0.1, 0.15) is 5.75 Å². The Morgan fingerprint density at radius 2 is 1.96 bits per heavy atom. The lowest BCUT2D eigenvalue weighted by atomic mass is 9.87. The van der Waals surface area contributed by atoms with E-state index in [1.165, 1.54) is 11.1 Å². The van der Waals surface area contributed by atoms with E-state index in [0.717, 1.165) is 37.0 Å². The van der Waals surface area contributed by atoms with Crippen LogP contribution in [0.3, 0.4) is 0 Å². The number of aryl methyl sites for hydroxylation is 2. The fourth-order valence-corrected chi connectivity index (χ4v) is 3.35. The Morgan fingerprint density at radius 3 is 2.79 bits per heavy atom. The van der Waals surface area contributed by atoms with Crippen LogP contribution in [-0.4, -0.2) is 12.0 Å². The number of para-hydroxylation sites is 1. The van der Waals surface area contributed by atoms with Crippen molar-refractivity contribution in [2.24, 2.45) is 0 Å². The standard InChI is InChI=1S/C21H25NO2/c1-3-16-9-5-7-14-20(16)24-15(2)21(23)22-19-13-8-11-17-10-4-6-12-18(17)19/h4-7,9-10,12,14-15,19H,3,8,11,13H2,1-2H3,(H,22,23)/t15-,19+/m1/s1. The maximum Gasteiger partial charge on any atom is 0.261 e. The maximum atomic E-state index is 12.6. The molecule has 1 aliphatic carbocycles. The summed E-state index contributed by atoms with van der Waals surface area (Å²) in [5, 5.41) is 3.17. The summed E-state index contributed by atoms with van der Waals surface area (Å²) in [6.45, 7) is 3.91. The van der Waals surface area contributed by atoms with Gasteiger partial charge in [-0.1, -0.05) is 49.4 Å². The minimum Gasteiger partial charge on any atom is -0.481 e. The lowest BCUT2D eigenvalue weighted by Crippen LogP contribution is -2.39. The molecule has 0 unspecified atom stereocenters. The zero-order valence-corrected chi connectivity index (χ0v) is 14.4. The molecule has 0 spiro atoms. The topological polar surface area (TPSA) is 38.3 Å². The van der Waals surface area contributed by atoms with Crippen molar-refractivity contribution in [3.05, 3.63) is 65.2 Å². The largest absolute Gasteiger partial charge is 0.481 e. The number of hydrogen-bond acceptors (Lipinski definition) is 2. The molecular formula is C21H25NO2. The highest BCUT2D eigenvalue weighted by Gasteiger charge is 2.24. The van der Waals surface area contributed by atoms with Crippen LogP contribution < -0.4 is 10.1 Å². The van der Waals surface area contributed by atoms with Crippen molar-refractivity contribution in [1.82, 2.24) is 5.32 Å². The normalized spacial score (nSPS) is 17.7. The van der Waals surface area contributed by atoms with E-state index in [2.05, 4.69) is 30.4 Å². The molecule has 1 N–H and O–H groups in total. The zero-order chi connectivity index (χ0) is 16.9. The lowest BCUT2D eigenvalue weighted by molar-refractivity contribution is -0.128. The summed E-state index contributed by atoms with van der Waals surface area (Å²) in [6.07, 6.45) is 3.57. The molecule has 2 aromatic carbocycles. The number of hydrogen-bond donors (Lipinski definition) is 1. The van der Waals surface area contributed by atoms with Crippen molar-refractivity contribution < 1.29 is 9.53 Å². The molecule has 0 saturated heterocycles. The van der Waals surface area contributed by atoms with E-state index in [4.69, 9.17) is 4.74 Å². The molecule has 0 saturated carbocycles. The molecular weight excluding hydrogens is 298 g/mol. The average Bonchev–Trinajstić information content (AvgIpc) is 2.62. The molecule has 126 valence electrons. The van der Waals surface area contributed by atoms with Crippen molar-refractivity contribution >= 4 is 5.91 Å². The smallest absolute Gasteiger partial charge is 0.261 e. The highest BCUT2D eigenvalue weighted by atomic mass is 16.5. The highest BCUT2D eigenvalue weighted by Crippen LogP contribution is 2.29. The van der Waals surface area contributed by atoms with Crippen LogP contribution in [0.25, 0.3) is 0 Å². The molecule has 1 aliphatic rings. The number of nitrogens with one attached hydrogen (secondary N) is 1. The first-order valence-corrected chi connectivity index (χ1v) is 8.81. The second-order valence-electron chi connectivity index (χ2n) is 6.37. The van der Waals surface area contributed by atoms with E-state index in [9.17, 15) is 4.79 Å². The molecule has 1 amide bonds. The minimum absolute atomic E-state index is 0.0531. The van der Waals surface area contributed by atoms with E-state index in [1.807, 2.05) is 37.3 Å². The van der Waals surface area contributed by atoms with Gasteiger partial charge in [0.15, 0.2) is 6.10 Å². The summed E-state index contributed by atoms with van der Waals surface area (Å²) in [5.41, 5.74) is 3.72. The molecule has 0 fully saturated rings. The van der Waals surface area contributed by atoms with Gasteiger partial charge in [-0.2, -0.15) is 0 Å². The van der Waals surface area contributed by atoms with Crippen molar-refractivity contribution in [2.75, 3.05) is 0 Å². The number of ether oxygens (including phenoxy) is 1. The van der Waals surface area contributed by atoms with Crippen LogP contribution >= 0.6 is 0 Å². The fourth-order valence-electron chi connectivity index (χ4n) is 3.35. The van der Waals surface area contributed by atoms with Crippen LogP contribution in [0.4, 0.5) is 0 Å². The Bertz CT molecular complexity index is 710. The SMILES string of the molecule is CCc1ccccc1O[C@H](C)C(=O)N[C@H]1CCCc2ccccc21. The molecule has 3 heteroatoms. The summed E-state index contributed by atoms with van der Waals surface area (Å²) in [5.74, 6) is 0.745. The number of fused-ring (bicyclic) bond motifs is 1. The molecule has 2 aromatic rings. The molecule has 3 nitrogen and oxygen atoms in total. The third-order valence-electron chi connectivity index (χ3n) is 4.71. The van der Waals surface area contributed by atoms with E-state index >= 15 is 0 Å². The van der Waals surface area contributed by atoms with E-state index < -0.39 is 6.10 Å². The Kier molecular flexibility index (Phi) is 5.19. The van der Waals surface area contributed by atoms with Crippen molar-refractivity contribution in [3.63, 3.8) is 0 Å². The summed E-state index contributed by atoms with van der Waals surface area (Å²) >= 11 is 0. The van der Waals surface area contributed by atoms with Crippen LogP contribution in [-0.2, 0) is 17.6 Å². The van der Waals surface area contributed by atoms with Crippen LogP contribution in [0.1, 0.15) is 49.4 Å². The van der Waals surface area contributed by atoms with E-state index in [1.54, 1.807) is 0 Å².